The molecule has 2 rings (SSSR count). The molecule has 78 valence electrons. The van der Waals surface area contributed by atoms with Gasteiger partial charge in [-0.05, 0) is 12.1 Å². The second-order valence-corrected chi connectivity index (χ2v) is 4.40. The predicted molar refractivity (Wildman–Crippen MR) is 60.2 cm³/mol. The molecule has 0 spiro atoms. The van der Waals surface area contributed by atoms with E-state index in [1.54, 1.807) is 12.1 Å². The fourth-order valence-corrected chi connectivity index (χ4v) is 2.11. The molecule has 0 aromatic carbocycles. The van der Waals surface area contributed by atoms with Crippen LogP contribution in [0.25, 0.3) is 0 Å². The minimum Gasteiger partial charge on any atom is -0.254 e. The van der Waals surface area contributed by atoms with Crippen molar-refractivity contribution in [2.75, 3.05) is 0 Å². The van der Waals surface area contributed by atoms with E-state index in [2.05, 4.69) is 20.2 Å². The molecule has 0 aliphatic rings. The molecule has 1 N–H and O–H groups in total. The summed E-state index contributed by atoms with van der Waals surface area (Å²) >= 11 is 13.2. The topological polar surface area (TPSA) is 54.5 Å². The largest absolute Gasteiger partial charge is 0.254 e. The molecule has 7 heteroatoms. The van der Waals surface area contributed by atoms with Crippen molar-refractivity contribution in [1.82, 2.24) is 20.2 Å². The first-order valence-electron chi connectivity index (χ1n) is 4.05. The van der Waals surface area contributed by atoms with Crippen LogP contribution in [0.2, 0.25) is 10.2 Å². The first kappa shape index (κ1) is 10.7. The Morgan fingerprint density at radius 3 is 2.93 bits per heavy atom. The third kappa shape index (κ3) is 2.84. The number of nitrogens with zero attached hydrogens (tertiary/aromatic N) is 3. The number of hydrogen-bond donors (Lipinski definition) is 1. The quantitative estimate of drug-likeness (QED) is 0.681. The monoisotopic (exact) mass is 260 g/mol. The number of halogens is 2. The average Bonchev–Trinajstić information content (AvgIpc) is 2.72. The molecule has 0 saturated carbocycles. The van der Waals surface area contributed by atoms with Crippen LogP contribution in [0.4, 0.5) is 0 Å². The SMILES string of the molecule is Clc1ccc(Cl)c(CSc2ncn[nH]2)n1. The summed E-state index contributed by atoms with van der Waals surface area (Å²) in [6.45, 7) is 0. The molecule has 15 heavy (non-hydrogen) atoms. The summed E-state index contributed by atoms with van der Waals surface area (Å²) in [6, 6.07) is 3.39. The Morgan fingerprint density at radius 2 is 2.20 bits per heavy atom. The molecule has 0 amide bonds. The number of H-pyrrole nitrogens is 1. The van der Waals surface area contributed by atoms with Crippen molar-refractivity contribution < 1.29 is 0 Å². The molecule has 0 unspecified atom stereocenters. The standard InChI is InChI=1S/C8H6Cl2N4S/c9-5-1-2-7(10)13-6(5)3-15-8-11-4-12-14-8/h1-2,4H,3H2,(H,11,12,14). The maximum atomic E-state index is 5.96. The average molecular weight is 261 g/mol. The van der Waals surface area contributed by atoms with Gasteiger partial charge >= 0.3 is 0 Å². The van der Waals surface area contributed by atoms with E-state index in [4.69, 9.17) is 23.2 Å². The van der Waals surface area contributed by atoms with Crippen LogP contribution in [0, 0.1) is 0 Å². The van der Waals surface area contributed by atoms with Gasteiger partial charge in [-0.3, -0.25) is 5.10 Å². The Morgan fingerprint density at radius 1 is 1.33 bits per heavy atom. The summed E-state index contributed by atoms with van der Waals surface area (Å²) in [5.41, 5.74) is 0.741. The molecule has 0 aliphatic carbocycles. The van der Waals surface area contributed by atoms with Crippen molar-refractivity contribution in [3.05, 3.63) is 34.3 Å². The van der Waals surface area contributed by atoms with Gasteiger partial charge in [0.1, 0.15) is 11.5 Å². The predicted octanol–water partition coefficient (Wildman–Crippen LogP) is 2.80. The normalized spacial score (nSPS) is 10.5. The zero-order valence-corrected chi connectivity index (χ0v) is 9.77. The van der Waals surface area contributed by atoms with Gasteiger partial charge in [-0.15, -0.1) is 0 Å². The lowest BCUT2D eigenvalue weighted by Crippen LogP contribution is -1.89. The Kier molecular flexibility index (Phi) is 3.45. The number of thioether (sulfide) groups is 1. The fourth-order valence-electron chi connectivity index (χ4n) is 0.959. The van der Waals surface area contributed by atoms with Crippen LogP contribution in [0.5, 0.6) is 0 Å². The van der Waals surface area contributed by atoms with Gasteiger partial charge in [-0.1, -0.05) is 35.0 Å². The second kappa shape index (κ2) is 4.83. The Labute approximate surface area is 100 Å². The van der Waals surface area contributed by atoms with Gasteiger partial charge < -0.3 is 0 Å². The maximum Gasteiger partial charge on any atom is 0.183 e. The third-order valence-corrected chi connectivity index (χ3v) is 3.07. The van der Waals surface area contributed by atoms with Crippen LogP contribution in [0.3, 0.4) is 0 Å². The third-order valence-electron chi connectivity index (χ3n) is 1.62. The Bertz CT molecular complexity index is 446. The van der Waals surface area contributed by atoms with E-state index in [1.165, 1.54) is 18.1 Å². The first-order valence-corrected chi connectivity index (χ1v) is 5.79. The van der Waals surface area contributed by atoms with Crippen LogP contribution in [0.1, 0.15) is 5.69 Å². The molecule has 2 heterocycles. The van der Waals surface area contributed by atoms with Gasteiger partial charge in [-0.2, -0.15) is 5.10 Å². The Balaban J connectivity index is 2.07. The summed E-state index contributed by atoms with van der Waals surface area (Å²) in [4.78, 5) is 8.10. The lowest BCUT2D eigenvalue weighted by Gasteiger charge is -2.01. The number of aromatic nitrogens is 4. The van der Waals surface area contributed by atoms with E-state index in [0.29, 0.717) is 15.9 Å². The molecule has 2 aromatic rings. The Hall–Kier alpha value is -0.780. The molecule has 0 bridgehead atoms. The van der Waals surface area contributed by atoms with Gasteiger partial charge in [0.25, 0.3) is 0 Å². The number of aromatic amines is 1. The molecule has 0 saturated heterocycles. The summed E-state index contributed by atoms with van der Waals surface area (Å²) in [5, 5.41) is 8.25. The summed E-state index contributed by atoms with van der Waals surface area (Å²) in [5.74, 6) is 0.606. The highest BCUT2D eigenvalue weighted by Gasteiger charge is 2.05. The molecular weight excluding hydrogens is 255 g/mol. The van der Waals surface area contributed by atoms with E-state index in [-0.39, 0.29) is 0 Å². The van der Waals surface area contributed by atoms with Crippen LogP contribution >= 0.6 is 35.0 Å². The van der Waals surface area contributed by atoms with E-state index < -0.39 is 0 Å². The molecule has 0 atom stereocenters. The van der Waals surface area contributed by atoms with Crippen LogP contribution in [0.15, 0.2) is 23.6 Å². The molecule has 0 aliphatic heterocycles. The highest BCUT2D eigenvalue weighted by Crippen LogP contribution is 2.23. The molecule has 0 fully saturated rings. The molecular formula is C8H6Cl2N4S. The summed E-state index contributed by atoms with van der Waals surface area (Å²) < 4.78 is 0. The van der Waals surface area contributed by atoms with E-state index in [1.807, 2.05) is 0 Å². The van der Waals surface area contributed by atoms with Gasteiger partial charge in [0.2, 0.25) is 0 Å². The van der Waals surface area contributed by atoms with Gasteiger partial charge in [0.15, 0.2) is 5.16 Å². The van der Waals surface area contributed by atoms with Crippen molar-refractivity contribution in [1.29, 1.82) is 0 Å². The minimum atomic E-state index is 0.438. The van der Waals surface area contributed by atoms with Crippen LogP contribution in [-0.2, 0) is 5.75 Å². The van der Waals surface area contributed by atoms with Gasteiger partial charge in [0, 0.05) is 5.75 Å². The van der Waals surface area contributed by atoms with Gasteiger partial charge in [0.05, 0.1) is 10.7 Å². The fraction of sp³-hybridized carbons (Fsp3) is 0.125. The second-order valence-electron chi connectivity index (χ2n) is 2.64. The smallest absolute Gasteiger partial charge is 0.183 e. The zero-order valence-electron chi connectivity index (χ0n) is 7.44. The number of nitrogens with one attached hydrogen (secondary N) is 1. The lowest BCUT2D eigenvalue weighted by atomic mass is 10.4. The van der Waals surface area contributed by atoms with E-state index >= 15 is 0 Å². The number of pyridine rings is 1. The summed E-state index contributed by atoms with van der Waals surface area (Å²) in [6.07, 6.45) is 1.45. The van der Waals surface area contributed by atoms with Gasteiger partial charge in [-0.25, -0.2) is 9.97 Å². The molecule has 0 radical (unpaired) electrons. The highest BCUT2D eigenvalue weighted by atomic mass is 35.5. The van der Waals surface area contributed by atoms with Crippen molar-refractivity contribution in [3.63, 3.8) is 0 Å². The van der Waals surface area contributed by atoms with Crippen molar-refractivity contribution in [2.45, 2.75) is 10.9 Å². The maximum absolute atomic E-state index is 5.96. The summed E-state index contributed by atoms with van der Waals surface area (Å²) in [7, 11) is 0. The zero-order chi connectivity index (χ0) is 10.7. The lowest BCUT2D eigenvalue weighted by molar-refractivity contribution is 0.971. The van der Waals surface area contributed by atoms with Crippen molar-refractivity contribution in [3.8, 4) is 0 Å². The molecule has 2 aromatic heterocycles. The number of rotatable bonds is 3. The van der Waals surface area contributed by atoms with Crippen molar-refractivity contribution in [2.24, 2.45) is 0 Å². The van der Waals surface area contributed by atoms with Crippen LogP contribution in [-0.4, -0.2) is 20.2 Å². The van der Waals surface area contributed by atoms with E-state index in [9.17, 15) is 0 Å². The van der Waals surface area contributed by atoms with Crippen molar-refractivity contribution >= 4 is 35.0 Å². The van der Waals surface area contributed by atoms with E-state index in [0.717, 1.165) is 10.9 Å². The molecule has 4 nitrogen and oxygen atoms in total. The first-order chi connectivity index (χ1) is 7.25. The highest BCUT2D eigenvalue weighted by molar-refractivity contribution is 7.98. The van der Waals surface area contributed by atoms with Crippen LogP contribution < -0.4 is 0 Å². The number of hydrogen-bond acceptors (Lipinski definition) is 4. The minimum absolute atomic E-state index is 0.438.